The molecule has 0 bridgehead atoms. The number of benzene rings is 1. The highest BCUT2D eigenvalue weighted by Crippen LogP contribution is 2.30. The van der Waals surface area contributed by atoms with Crippen LogP contribution in [-0.4, -0.2) is 18.3 Å². The Morgan fingerprint density at radius 1 is 1.57 bits per heavy atom. The van der Waals surface area contributed by atoms with Crippen LogP contribution in [0.4, 0.5) is 0 Å². The first kappa shape index (κ1) is 11.8. The Labute approximate surface area is 98.4 Å². The summed E-state index contributed by atoms with van der Waals surface area (Å²) in [4.78, 5) is 0. The summed E-state index contributed by atoms with van der Waals surface area (Å²) >= 11 is 2.22. The minimum atomic E-state index is -0.119. The van der Waals surface area contributed by atoms with E-state index in [2.05, 4.69) is 29.5 Å². The molecule has 0 amide bonds. The molecule has 0 saturated carbocycles. The van der Waals surface area contributed by atoms with E-state index < -0.39 is 0 Å². The zero-order valence-corrected chi connectivity index (χ0v) is 10.3. The van der Waals surface area contributed by atoms with Gasteiger partial charge in [-0.3, -0.25) is 0 Å². The number of aliphatic hydroxyl groups is 1. The summed E-state index contributed by atoms with van der Waals surface area (Å²) in [6.45, 7) is 6.50. The van der Waals surface area contributed by atoms with Crippen LogP contribution >= 0.6 is 22.6 Å². The number of hydrogen-bond donors (Lipinski definition) is 1. The molecule has 1 radical (unpaired) electrons. The number of aliphatic hydroxyl groups excluding tert-OH is 1. The summed E-state index contributed by atoms with van der Waals surface area (Å²) in [6, 6.07) is 5.88. The Hall–Kier alpha value is -0.290. The lowest BCUT2D eigenvalue weighted by Gasteiger charge is -2.15. The lowest BCUT2D eigenvalue weighted by atomic mass is 10.0. The lowest BCUT2D eigenvalue weighted by molar-refractivity contribution is 0.275. The van der Waals surface area contributed by atoms with Crippen molar-refractivity contribution in [3.63, 3.8) is 0 Å². The normalized spacial score (nSPS) is 12.6. The maximum atomic E-state index is 9.05. The Morgan fingerprint density at radius 2 is 2.29 bits per heavy atom. The van der Waals surface area contributed by atoms with Crippen LogP contribution in [-0.2, 0) is 0 Å². The van der Waals surface area contributed by atoms with Gasteiger partial charge in [0.05, 0.1) is 16.8 Å². The van der Waals surface area contributed by atoms with E-state index in [1.807, 2.05) is 25.1 Å². The summed E-state index contributed by atoms with van der Waals surface area (Å²) in [5, 5.41) is 9.05. The van der Waals surface area contributed by atoms with Crippen LogP contribution in [0.1, 0.15) is 18.4 Å². The monoisotopic (exact) mass is 305 g/mol. The zero-order chi connectivity index (χ0) is 10.6. The molecule has 1 atom stereocenters. The molecule has 0 spiro atoms. The van der Waals surface area contributed by atoms with E-state index in [0.717, 1.165) is 14.9 Å². The van der Waals surface area contributed by atoms with Crippen LogP contribution in [0.5, 0.6) is 5.75 Å². The van der Waals surface area contributed by atoms with Crippen molar-refractivity contribution in [3.8, 4) is 5.75 Å². The molecule has 0 heterocycles. The van der Waals surface area contributed by atoms with Crippen LogP contribution in [0.15, 0.2) is 18.2 Å². The van der Waals surface area contributed by atoms with Gasteiger partial charge >= 0.3 is 0 Å². The van der Waals surface area contributed by atoms with E-state index in [1.54, 1.807) is 0 Å². The first-order chi connectivity index (χ1) is 6.70. The molecule has 1 aromatic rings. The molecule has 1 aromatic carbocycles. The highest BCUT2D eigenvalue weighted by atomic mass is 127. The van der Waals surface area contributed by atoms with Gasteiger partial charge in [0.15, 0.2) is 0 Å². The van der Waals surface area contributed by atoms with Crippen molar-refractivity contribution in [2.75, 3.05) is 13.2 Å². The maximum Gasteiger partial charge on any atom is 0.136 e. The van der Waals surface area contributed by atoms with Crippen molar-refractivity contribution >= 4 is 22.6 Å². The molecule has 0 fully saturated rings. The molecule has 0 aliphatic rings. The molecule has 1 rings (SSSR count). The van der Waals surface area contributed by atoms with Crippen LogP contribution in [0.3, 0.4) is 0 Å². The predicted molar refractivity (Wildman–Crippen MR) is 65.5 cm³/mol. The van der Waals surface area contributed by atoms with Crippen LogP contribution in [0.2, 0.25) is 0 Å². The average Bonchev–Trinajstić information content (AvgIpc) is 2.20. The first-order valence-corrected chi connectivity index (χ1v) is 5.63. The third-order valence-corrected chi connectivity index (χ3v) is 2.80. The van der Waals surface area contributed by atoms with Crippen molar-refractivity contribution < 1.29 is 9.84 Å². The van der Waals surface area contributed by atoms with Gasteiger partial charge in [0, 0.05) is 11.5 Å². The summed E-state index contributed by atoms with van der Waals surface area (Å²) in [7, 11) is 0. The van der Waals surface area contributed by atoms with Gasteiger partial charge < -0.3 is 9.84 Å². The van der Waals surface area contributed by atoms with Gasteiger partial charge in [-0.2, -0.15) is 0 Å². The molecule has 3 heteroatoms. The van der Waals surface area contributed by atoms with Crippen molar-refractivity contribution in [1.29, 1.82) is 0 Å². The van der Waals surface area contributed by atoms with Gasteiger partial charge in [0.2, 0.25) is 0 Å². The highest BCUT2D eigenvalue weighted by Gasteiger charge is 2.12. The van der Waals surface area contributed by atoms with E-state index >= 15 is 0 Å². The van der Waals surface area contributed by atoms with E-state index in [1.165, 1.54) is 0 Å². The summed E-state index contributed by atoms with van der Waals surface area (Å²) in [5.74, 6) is 0.732. The minimum absolute atomic E-state index is 0.0418. The highest BCUT2D eigenvalue weighted by molar-refractivity contribution is 14.1. The number of para-hydroxylation sites is 1. The Morgan fingerprint density at radius 3 is 2.86 bits per heavy atom. The van der Waals surface area contributed by atoms with E-state index in [9.17, 15) is 0 Å². The van der Waals surface area contributed by atoms with Gasteiger partial charge in [-0.25, -0.2) is 0 Å². The topological polar surface area (TPSA) is 29.5 Å². The zero-order valence-electron chi connectivity index (χ0n) is 8.16. The molecule has 14 heavy (non-hydrogen) atoms. The van der Waals surface area contributed by atoms with Crippen molar-refractivity contribution in [1.82, 2.24) is 0 Å². The molecule has 0 saturated heterocycles. The summed E-state index contributed by atoms with van der Waals surface area (Å²) in [5.41, 5.74) is 0.973. The van der Waals surface area contributed by atoms with Crippen molar-refractivity contribution in [2.45, 2.75) is 12.8 Å². The predicted octanol–water partition coefficient (Wildman–Crippen LogP) is 2.60. The number of ether oxygens (including phenoxy) is 1. The Bertz CT molecular complexity index is 299. The number of halogens is 1. The van der Waals surface area contributed by atoms with Crippen LogP contribution < -0.4 is 4.74 Å². The molecule has 77 valence electrons. The molecule has 1 N–H and O–H groups in total. The number of rotatable bonds is 4. The van der Waals surface area contributed by atoms with Gasteiger partial charge in [0.1, 0.15) is 5.75 Å². The second-order valence-electron chi connectivity index (χ2n) is 2.97. The summed E-state index contributed by atoms with van der Waals surface area (Å²) in [6.07, 6.45) is 0. The SMILES string of the molecule is [CH2]C(CO)c1cccc(I)c1OCC. The van der Waals surface area contributed by atoms with Crippen LogP contribution in [0, 0.1) is 10.5 Å². The van der Waals surface area contributed by atoms with Crippen LogP contribution in [0.25, 0.3) is 0 Å². The molecule has 0 aliphatic heterocycles. The second kappa shape index (κ2) is 5.56. The Balaban J connectivity index is 3.07. The molecule has 2 nitrogen and oxygen atoms in total. The van der Waals surface area contributed by atoms with Gasteiger partial charge in [-0.05, 0) is 42.5 Å². The van der Waals surface area contributed by atoms with Gasteiger partial charge in [-0.15, -0.1) is 0 Å². The molecular weight excluding hydrogens is 291 g/mol. The third-order valence-electron chi connectivity index (χ3n) is 1.95. The van der Waals surface area contributed by atoms with Gasteiger partial charge in [-0.1, -0.05) is 12.1 Å². The average molecular weight is 305 g/mol. The fourth-order valence-electron chi connectivity index (χ4n) is 1.24. The van der Waals surface area contributed by atoms with Gasteiger partial charge in [0.25, 0.3) is 0 Å². The Kier molecular flexibility index (Phi) is 4.68. The molecule has 1 unspecified atom stereocenters. The first-order valence-electron chi connectivity index (χ1n) is 4.55. The third kappa shape index (κ3) is 2.60. The fraction of sp³-hybridized carbons (Fsp3) is 0.364. The maximum absolute atomic E-state index is 9.05. The number of hydrogen-bond acceptors (Lipinski definition) is 2. The van der Waals surface area contributed by atoms with E-state index in [0.29, 0.717) is 6.61 Å². The van der Waals surface area contributed by atoms with E-state index in [4.69, 9.17) is 9.84 Å². The van der Waals surface area contributed by atoms with Crippen molar-refractivity contribution in [3.05, 3.63) is 34.3 Å². The second-order valence-corrected chi connectivity index (χ2v) is 4.13. The summed E-state index contributed by atoms with van der Waals surface area (Å²) < 4.78 is 6.59. The molecular formula is C11H14IO2. The molecule has 0 aromatic heterocycles. The quantitative estimate of drug-likeness (QED) is 0.867. The fourth-order valence-corrected chi connectivity index (χ4v) is 1.92. The smallest absolute Gasteiger partial charge is 0.136 e. The minimum Gasteiger partial charge on any atom is -0.492 e. The molecule has 0 aliphatic carbocycles. The van der Waals surface area contributed by atoms with Crippen molar-refractivity contribution in [2.24, 2.45) is 0 Å². The lowest BCUT2D eigenvalue weighted by Crippen LogP contribution is -2.05. The standard InChI is InChI=1S/C11H14IO2/c1-3-14-11-9(8(2)7-13)5-4-6-10(11)12/h4-6,8,13H,2-3,7H2,1H3. The van der Waals surface area contributed by atoms with E-state index in [-0.39, 0.29) is 12.5 Å². The largest absolute Gasteiger partial charge is 0.492 e.